The molecule has 47 heavy (non-hydrogen) atoms. The first-order valence-electron chi connectivity index (χ1n) is 14.5. The van der Waals surface area contributed by atoms with Crippen molar-refractivity contribution < 1.29 is 26.7 Å². The maximum absolute atomic E-state index is 14.3. The summed E-state index contributed by atoms with van der Waals surface area (Å²) in [6, 6.07) is 14.5. The van der Waals surface area contributed by atoms with Crippen LogP contribution in [-0.2, 0) is 28.2 Å². The van der Waals surface area contributed by atoms with Gasteiger partial charge in [0.15, 0.2) is 5.82 Å². The van der Waals surface area contributed by atoms with Crippen LogP contribution in [-0.4, -0.2) is 42.1 Å². The van der Waals surface area contributed by atoms with E-state index in [1.165, 1.54) is 16.8 Å². The van der Waals surface area contributed by atoms with E-state index in [0.717, 1.165) is 12.3 Å². The number of carbonyl (C=O) groups is 1. The number of sulfonamides is 1. The summed E-state index contributed by atoms with van der Waals surface area (Å²) in [7, 11) is -2.09. The number of carbonyl (C=O) groups excluding carboxylic acids is 1. The smallest absolute Gasteiger partial charge is 0.407 e. The van der Waals surface area contributed by atoms with Crippen molar-refractivity contribution in [2.24, 2.45) is 13.0 Å². The summed E-state index contributed by atoms with van der Waals surface area (Å²) in [6.07, 6.45) is 1.79. The first kappa shape index (κ1) is 34.1. The Hall–Kier alpha value is -4.26. The number of hydrogen-bond acceptors (Lipinski definition) is 6. The summed E-state index contributed by atoms with van der Waals surface area (Å²) >= 11 is 13.2. The summed E-state index contributed by atoms with van der Waals surface area (Å²) < 4.78 is 62.3. The molecule has 2 heterocycles. The van der Waals surface area contributed by atoms with Gasteiger partial charge >= 0.3 is 6.09 Å². The molecular formula is C33H31Cl2F2N5O4S. The van der Waals surface area contributed by atoms with Crippen LogP contribution in [0.5, 0.6) is 0 Å². The predicted molar refractivity (Wildman–Crippen MR) is 180 cm³/mol. The fraction of sp³-hybridized carbons (Fsp3) is 0.242. The Balaban J connectivity index is 1.77. The summed E-state index contributed by atoms with van der Waals surface area (Å²) in [6.45, 7) is 3.92. The maximum atomic E-state index is 14.3. The van der Waals surface area contributed by atoms with Crippen molar-refractivity contribution in [3.63, 3.8) is 0 Å². The number of pyridine rings is 1. The van der Waals surface area contributed by atoms with Crippen LogP contribution in [0.1, 0.15) is 31.1 Å². The van der Waals surface area contributed by atoms with Gasteiger partial charge in [-0.15, -0.1) is 0 Å². The number of hydrogen-bond donors (Lipinski definition) is 2. The monoisotopic (exact) mass is 701 g/mol. The van der Waals surface area contributed by atoms with E-state index in [-0.39, 0.29) is 35.3 Å². The Bertz CT molecular complexity index is 2070. The van der Waals surface area contributed by atoms with Crippen LogP contribution in [0, 0.1) is 17.6 Å². The molecule has 1 atom stereocenters. The van der Waals surface area contributed by atoms with Crippen molar-refractivity contribution >= 4 is 56.0 Å². The lowest BCUT2D eigenvalue weighted by molar-refractivity contribution is 0.129. The Morgan fingerprint density at radius 2 is 1.68 bits per heavy atom. The second-order valence-electron chi connectivity index (χ2n) is 11.5. The minimum absolute atomic E-state index is 0.0239. The molecule has 0 aliphatic rings. The van der Waals surface area contributed by atoms with Crippen molar-refractivity contribution in [1.82, 2.24) is 20.1 Å². The number of anilines is 1. The lowest BCUT2D eigenvalue weighted by Gasteiger charge is -2.23. The van der Waals surface area contributed by atoms with E-state index >= 15 is 0 Å². The number of nitrogens with one attached hydrogen (secondary N) is 2. The maximum Gasteiger partial charge on any atom is 0.407 e. The molecular weight excluding hydrogens is 671 g/mol. The van der Waals surface area contributed by atoms with Crippen LogP contribution in [0.3, 0.4) is 0 Å². The molecule has 14 heteroatoms. The van der Waals surface area contributed by atoms with E-state index in [1.807, 2.05) is 32.0 Å². The van der Waals surface area contributed by atoms with Gasteiger partial charge in [-0.1, -0.05) is 61.3 Å². The van der Waals surface area contributed by atoms with Crippen molar-refractivity contribution in [2.45, 2.75) is 26.3 Å². The van der Waals surface area contributed by atoms with Crippen LogP contribution < -0.4 is 10.0 Å². The highest BCUT2D eigenvalue weighted by atomic mass is 35.5. The second kappa shape index (κ2) is 13.8. The molecule has 0 aliphatic heterocycles. The molecule has 9 nitrogen and oxygen atoms in total. The van der Waals surface area contributed by atoms with Crippen LogP contribution in [0.4, 0.5) is 19.4 Å². The van der Waals surface area contributed by atoms with E-state index in [4.69, 9.17) is 32.9 Å². The normalized spacial score (nSPS) is 12.4. The average Bonchev–Trinajstić information content (AvgIpc) is 3.30. The number of halogens is 4. The number of nitrogens with zero attached hydrogens (tertiary/aromatic N) is 3. The van der Waals surface area contributed by atoms with E-state index in [1.54, 1.807) is 37.5 Å². The molecule has 3 aromatic carbocycles. The molecule has 0 bridgehead atoms. The number of amides is 1. The Labute approximate surface area is 280 Å². The first-order chi connectivity index (χ1) is 22.2. The molecule has 5 aromatic rings. The second-order valence-corrected chi connectivity index (χ2v) is 14.0. The molecule has 1 unspecified atom stereocenters. The molecule has 0 fully saturated rings. The largest absolute Gasteiger partial charge is 0.449 e. The molecule has 0 saturated heterocycles. The van der Waals surface area contributed by atoms with E-state index in [9.17, 15) is 22.0 Å². The van der Waals surface area contributed by atoms with Crippen LogP contribution in [0.15, 0.2) is 66.9 Å². The molecule has 0 spiro atoms. The SMILES string of the molecule is CC(C)COC(=O)NC(Cc1cc(F)cc(F)c1)c1ncc(-c2ccccc2Cl)cc1-c1ccc(Cl)c2c(NS(C)(=O)=O)nn(C)c12. The first-order valence-corrected chi connectivity index (χ1v) is 17.1. The lowest BCUT2D eigenvalue weighted by atomic mass is 9.92. The Morgan fingerprint density at radius 3 is 2.34 bits per heavy atom. The predicted octanol–water partition coefficient (Wildman–Crippen LogP) is 7.92. The zero-order valence-electron chi connectivity index (χ0n) is 25.8. The van der Waals surface area contributed by atoms with Gasteiger partial charge in [0.2, 0.25) is 10.0 Å². The van der Waals surface area contributed by atoms with Gasteiger partial charge in [0.1, 0.15) is 11.6 Å². The third kappa shape index (κ3) is 8.01. The quantitative estimate of drug-likeness (QED) is 0.153. The molecule has 1 amide bonds. The van der Waals surface area contributed by atoms with Gasteiger partial charge in [-0.05, 0) is 48.2 Å². The van der Waals surface area contributed by atoms with Gasteiger partial charge in [-0.3, -0.25) is 14.4 Å². The average molecular weight is 703 g/mol. The third-order valence-electron chi connectivity index (χ3n) is 7.15. The van der Waals surface area contributed by atoms with Gasteiger partial charge in [-0.25, -0.2) is 22.0 Å². The van der Waals surface area contributed by atoms with Gasteiger partial charge in [-0.2, -0.15) is 5.10 Å². The van der Waals surface area contributed by atoms with Crippen molar-refractivity contribution in [1.29, 1.82) is 0 Å². The summed E-state index contributed by atoms with van der Waals surface area (Å²) in [5.74, 6) is -1.47. The van der Waals surface area contributed by atoms with Gasteiger partial charge in [0, 0.05) is 46.6 Å². The standard InChI is InChI=1S/C33H31Cl2F2N5O4S/c1-18(2)17-46-33(43)39-28(13-19-11-21(36)15-22(37)12-19)30-25(14-20(16-38-30)23-7-5-6-8-26(23)34)24-9-10-27(35)29-31(24)42(3)40-32(29)41-47(4,44)45/h5-12,14-16,18,28H,13,17H2,1-4H3,(H,39,43)(H,40,41). The summed E-state index contributed by atoms with van der Waals surface area (Å²) in [5, 5.41) is 8.27. The van der Waals surface area contributed by atoms with Crippen molar-refractivity contribution in [3.05, 3.63) is 99.8 Å². The van der Waals surface area contributed by atoms with E-state index in [0.29, 0.717) is 43.9 Å². The number of aryl methyl sites for hydroxylation is 1. The molecule has 2 N–H and O–H groups in total. The van der Waals surface area contributed by atoms with Crippen LogP contribution in [0.2, 0.25) is 10.0 Å². The Kier molecular flexibility index (Phi) is 10.0. The molecule has 2 aromatic heterocycles. The number of benzene rings is 3. The number of aromatic nitrogens is 3. The minimum Gasteiger partial charge on any atom is -0.449 e. The van der Waals surface area contributed by atoms with Gasteiger partial charge in [0.25, 0.3) is 0 Å². The van der Waals surface area contributed by atoms with Crippen molar-refractivity contribution in [3.8, 4) is 22.3 Å². The topological polar surface area (TPSA) is 115 Å². The Morgan fingerprint density at radius 1 is 0.979 bits per heavy atom. The highest BCUT2D eigenvalue weighted by molar-refractivity contribution is 7.92. The number of ether oxygens (including phenoxy) is 1. The number of alkyl carbamates (subject to hydrolysis) is 1. The molecule has 5 rings (SSSR count). The van der Waals surface area contributed by atoms with Crippen LogP contribution in [0.25, 0.3) is 33.2 Å². The van der Waals surface area contributed by atoms with Crippen molar-refractivity contribution in [2.75, 3.05) is 17.6 Å². The zero-order chi connectivity index (χ0) is 34.0. The fourth-order valence-electron chi connectivity index (χ4n) is 5.26. The fourth-order valence-corrected chi connectivity index (χ4v) is 6.24. The van der Waals surface area contributed by atoms with E-state index < -0.39 is 33.8 Å². The van der Waals surface area contributed by atoms with Gasteiger partial charge in [0.05, 0.1) is 40.5 Å². The lowest BCUT2D eigenvalue weighted by Crippen LogP contribution is -2.32. The highest BCUT2D eigenvalue weighted by Gasteiger charge is 2.26. The van der Waals surface area contributed by atoms with Crippen LogP contribution >= 0.6 is 23.2 Å². The molecule has 0 radical (unpaired) electrons. The van der Waals surface area contributed by atoms with E-state index in [2.05, 4.69) is 15.1 Å². The third-order valence-corrected chi connectivity index (χ3v) is 8.35. The summed E-state index contributed by atoms with van der Waals surface area (Å²) in [4.78, 5) is 17.9. The molecule has 0 aliphatic carbocycles. The molecule has 246 valence electrons. The molecule has 0 saturated carbocycles. The number of rotatable bonds is 10. The summed E-state index contributed by atoms with van der Waals surface area (Å²) in [5.41, 5.74) is 3.38. The van der Waals surface area contributed by atoms with Gasteiger partial charge < -0.3 is 10.1 Å². The zero-order valence-corrected chi connectivity index (χ0v) is 28.1. The number of fused-ring (bicyclic) bond motifs is 1. The highest BCUT2D eigenvalue weighted by Crippen LogP contribution is 2.41. The minimum atomic E-state index is -3.72.